The lowest BCUT2D eigenvalue weighted by Gasteiger charge is -2.27. The van der Waals surface area contributed by atoms with Gasteiger partial charge in [-0.3, -0.25) is 0 Å². The maximum atomic E-state index is 12.5. The summed E-state index contributed by atoms with van der Waals surface area (Å²) in [4.78, 5) is 28.5. The molecular formula is C30H45BN2O6. The summed E-state index contributed by atoms with van der Waals surface area (Å²) in [6, 6.07) is 15.2. The highest BCUT2D eigenvalue weighted by molar-refractivity contribution is 6.20. The van der Waals surface area contributed by atoms with Crippen molar-refractivity contribution in [3.05, 3.63) is 59.7 Å². The second-order valence-electron chi connectivity index (χ2n) is 11.5. The molecule has 0 N–H and O–H groups in total. The number of hydrogen-bond donors (Lipinski definition) is 0. The Morgan fingerprint density at radius 2 is 0.974 bits per heavy atom. The van der Waals surface area contributed by atoms with Crippen LogP contribution in [0, 0.1) is 0 Å². The van der Waals surface area contributed by atoms with Gasteiger partial charge in [0.25, 0.3) is 0 Å². The summed E-state index contributed by atoms with van der Waals surface area (Å²) in [5.41, 5.74) is 0.913. The first-order valence-corrected chi connectivity index (χ1v) is 13.7. The molecule has 0 saturated heterocycles. The standard InChI is InChI=1S/C30H45BN2O6/c1-9-19-32(27(34)36-29(3,4)5)21-23-11-15-25(16-12-23)38-31-39-26-17-13-24(14-18-26)22-33(20-10-2)28(35)37-30(6,7)8/h11-18,31H,9-10,19-22H2,1-8H3. The van der Waals surface area contributed by atoms with E-state index < -0.39 is 11.2 Å². The van der Waals surface area contributed by atoms with Crippen LogP contribution < -0.4 is 9.31 Å². The van der Waals surface area contributed by atoms with Crippen molar-refractivity contribution in [2.45, 2.75) is 92.5 Å². The molecule has 2 aromatic rings. The van der Waals surface area contributed by atoms with Crippen molar-refractivity contribution < 1.29 is 28.4 Å². The topological polar surface area (TPSA) is 77.5 Å². The van der Waals surface area contributed by atoms with Gasteiger partial charge in [0.2, 0.25) is 0 Å². The van der Waals surface area contributed by atoms with E-state index in [1.54, 1.807) is 9.80 Å². The summed E-state index contributed by atoms with van der Waals surface area (Å²) in [6.07, 6.45) is 1.07. The van der Waals surface area contributed by atoms with Crippen LogP contribution in [0.25, 0.3) is 0 Å². The third-order valence-electron chi connectivity index (χ3n) is 5.34. The molecule has 0 aromatic heterocycles. The van der Waals surface area contributed by atoms with Crippen molar-refractivity contribution in [3.63, 3.8) is 0 Å². The van der Waals surface area contributed by atoms with Crippen molar-refractivity contribution in [3.8, 4) is 11.5 Å². The maximum Gasteiger partial charge on any atom is 0.576 e. The highest BCUT2D eigenvalue weighted by Gasteiger charge is 2.23. The summed E-state index contributed by atoms with van der Waals surface area (Å²) in [5.74, 6) is 1.34. The normalized spacial score (nSPS) is 11.4. The van der Waals surface area contributed by atoms with Gasteiger partial charge in [-0.2, -0.15) is 0 Å². The molecule has 9 heteroatoms. The van der Waals surface area contributed by atoms with Gasteiger partial charge < -0.3 is 28.6 Å². The molecule has 2 amide bonds. The molecular weight excluding hydrogens is 495 g/mol. The van der Waals surface area contributed by atoms with Gasteiger partial charge in [-0.15, -0.1) is 0 Å². The van der Waals surface area contributed by atoms with Crippen molar-refractivity contribution in [2.24, 2.45) is 0 Å². The summed E-state index contributed by atoms with van der Waals surface area (Å²) < 4.78 is 22.5. The van der Waals surface area contributed by atoms with Crippen LogP contribution in [0.5, 0.6) is 11.5 Å². The molecule has 0 aliphatic carbocycles. The number of carbonyl (C=O) groups is 2. The monoisotopic (exact) mass is 540 g/mol. The van der Waals surface area contributed by atoms with E-state index in [2.05, 4.69) is 0 Å². The summed E-state index contributed by atoms with van der Waals surface area (Å²) in [6.45, 7) is 17.4. The Hall–Kier alpha value is -3.36. The fourth-order valence-corrected chi connectivity index (χ4v) is 3.65. The van der Waals surface area contributed by atoms with E-state index in [1.807, 2.05) is 104 Å². The van der Waals surface area contributed by atoms with Gasteiger partial charge in [-0.1, -0.05) is 38.1 Å². The predicted molar refractivity (Wildman–Crippen MR) is 155 cm³/mol. The van der Waals surface area contributed by atoms with Crippen LogP contribution in [0.3, 0.4) is 0 Å². The third-order valence-corrected chi connectivity index (χ3v) is 5.34. The minimum absolute atomic E-state index is 0.0540. The van der Waals surface area contributed by atoms with E-state index in [1.165, 1.54) is 0 Å². The molecule has 0 fully saturated rings. The fraction of sp³-hybridized carbons (Fsp3) is 0.533. The molecule has 2 aromatic carbocycles. The zero-order valence-corrected chi connectivity index (χ0v) is 24.9. The average molecular weight is 541 g/mol. The van der Waals surface area contributed by atoms with Crippen molar-refractivity contribution >= 4 is 19.9 Å². The van der Waals surface area contributed by atoms with Gasteiger partial charge in [-0.05, 0) is 89.8 Å². The van der Waals surface area contributed by atoms with Crippen LogP contribution in [-0.2, 0) is 22.6 Å². The van der Waals surface area contributed by atoms with E-state index in [0.29, 0.717) is 37.7 Å². The molecule has 0 spiro atoms. The number of ether oxygens (including phenoxy) is 2. The summed E-state index contributed by atoms with van der Waals surface area (Å²) in [7, 11) is 0.0540. The average Bonchev–Trinajstić information content (AvgIpc) is 2.83. The van der Waals surface area contributed by atoms with Crippen LogP contribution >= 0.6 is 0 Å². The molecule has 8 nitrogen and oxygen atoms in total. The number of hydrogen-bond acceptors (Lipinski definition) is 6. The molecule has 0 atom stereocenters. The van der Waals surface area contributed by atoms with Gasteiger partial charge in [0.15, 0.2) is 0 Å². The van der Waals surface area contributed by atoms with Crippen LogP contribution in [0.1, 0.15) is 79.4 Å². The SMILES string of the molecule is CCCN(Cc1ccc(OBOc2ccc(CN(CCC)C(=O)OC(C)(C)C)cc2)cc1)C(=O)OC(C)(C)C. The molecule has 214 valence electrons. The molecule has 0 saturated carbocycles. The van der Waals surface area contributed by atoms with Crippen LogP contribution in [0.4, 0.5) is 9.59 Å². The highest BCUT2D eigenvalue weighted by Crippen LogP contribution is 2.19. The summed E-state index contributed by atoms with van der Waals surface area (Å²) >= 11 is 0. The molecule has 0 aliphatic rings. The first-order valence-electron chi connectivity index (χ1n) is 13.7. The molecule has 0 aliphatic heterocycles. The molecule has 0 heterocycles. The van der Waals surface area contributed by atoms with Gasteiger partial charge in [-0.25, -0.2) is 9.59 Å². The Bertz CT molecular complexity index is 946. The van der Waals surface area contributed by atoms with E-state index in [0.717, 1.165) is 24.0 Å². The van der Waals surface area contributed by atoms with Crippen LogP contribution in [0.15, 0.2) is 48.5 Å². The lowest BCUT2D eigenvalue weighted by Crippen LogP contribution is -2.36. The number of carbonyl (C=O) groups excluding carboxylic acids is 2. The largest absolute Gasteiger partial charge is 0.576 e. The number of rotatable bonds is 12. The molecule has 0 bridgehead atoms. The zero-order chi connectivity index (χ0) is 29.1. The van der Waals surface area contributed by atoms with Crippen LogP contribution in [0.2, 0.25) is 0 Å². The minimum atomic E-state index is -0.531. The van der Waals surface area contributed by atoms with Gasteiger partial charge in [0, 0.05) is 26.2 Å². The van der Waals surface area contributed by atoms with Crippen molar-refractivity contribution in [2.75, 3.05) is 13.1 Å². The Morgan fingerprint density at radius 3 is 1.26 bits per heavy atom. The second-order valence-corrected chi connectivity index (χ2v) is 11.5. The van der Waals surface area contributed by atoms with E-state index in [-0.39, 0.29) is 19.9 Å². The number of benzene rings is 2. The van der Waals surface area contributed by atoms with Crippen molar-refractivity contribution in [1.82, 2.24) is 9.80 Å². The Labute approximate surface area is 234 Å². The highest BCUT2D eigenvalue weighted by atomic mass is 16.6. The van der Waals surface area contributed by atoms with Gasteiger partial charge in [0.1, 0.15) is 22.7 Å². The van der Waals surface area contributed by atoms with E-state index in [9.17, 15) is 9.59 Å². The Morgan fingerprint density at radius 1 is 0.641 bits per heavy atom. The Kier molecular flexibility index (Phi) is 12.0. The lowest BCUT2D eigenvalue weighted by molar-refractivity contribution is 0.0223. The smallest absolute Gasteiger partial charge is 0.529 e. The van der Waals surface area contributed by atoms with Crippen LogP contribution in [-0.4, -0.2) is 54.0 Å². The number of nitrogens with zero attached hydrogens (tertiary/aromatic N) is 2. The lowest BCUT2D eigenvalue weighted by atomic mass is 10.2. The van der Waals surface area contributed by atoms with Gasteiger partial charge >= 0.3 is 19.9 Å². The van der Waals surface area contributed by atoms with Gasteiger partial charge in [0.05, 0.1) is 0 Å². The zero-order valence-electron chi connectivity index (χ0n) is 24.9. The fourth-order valence-electron chi connectivity index (χ4n) is 3.65. The molecule has 39 heavy (non-hydrogen) atoms. The van der Waals surface area contributed by atoms with E-state index in [4.69, 9.17) is 18.8 Å². The maximum absolute atomic E-state index is 12.5. The molecule has 2 rings (SSSR count). The first-order chi connectivity index (χ1) is 18.3. The minimum Gasteiger partial charge on any atom is -0.529 e. The Balaban J connectivity index is 1.86. The first kappa shape index (κ1) is 31.9. The second kappa shape index (κ2) is 14.7. The molecule has 0 unspecified atom stereocenters. The van der Waals surface area contributed by atoms with E-state index >= 15 is 0 Å². The molecule has 0 radical (unpaired) electrons. The quantitative estimate of drug-likeness (QED) is 0.279. The third kappa shape index (κ3) is 12.4. The van der Waals surface area contributed by atoms with Crippen molar-refractivity contribution in [1.29, 1.82) is 0 Å². The summed E-state index contributed by atoms with van der Waals surface area (Å²) in [5, 5.41) is 0. The predicted octanol–water partition coefficient (Wildman–Crippen LogP) is 6.71. The number of amides is 2.